The summed E-state index contributed by atoms with van der Waals surface area (Å²) in [7, 11) is 1.70. The Morgan fingerprint density at radius 2 is 1.83 bits per heavy atom. The lowest BCUT2D eigenvalue weighted by molar-refractivity contribution is -0.157. The highest BCUT2D eigenvalue weighted by Gasteiger charge is 2.42. The standard InChI is InChI=1S/C24H25NO4/c1-27-20-14-12-19(13-15-20)23-25-21(18-10-6-3-7-11-18)22(29-23)24(26)28-16-17-8-4-2-5-9-17/h2-14,20-23,25H,15-16H2,1H3/t20?,21-,22+,23?/m0/s1. The lowest BCUT2D eigenvalue weighted by Crippen LogP contribution is -2.31. The SMILES string of the molecule is COC1C=CC(C2N[C@@H](c3ccccc3)[C@H](C(=O)OCc3ccccc3)O2)=CC1. The van der Waals surface area contributed by atoms with E-state index in [2.05, 4.69) is 11.4 Å². The van der Waals surface area contributed by atoms with Crippen LogP contribution in [-0.4, -0.2) is 31.5 Å². The fourth-order valence-electron chi connectivity index (χ4n) is 3.61. The molecular formula is C24H25NO4. The maximum atomic E-state index is 12.9. The Kier molecular flexibility index (Phi) is 6.20. The highest BCUT2D eigenvalue weighted by Crippen LogP contribution is 2.32. The normalized spacial score (nSPS) is 26.2. The van der Waals surface area contributed by atoms with Gasteiger partial charge in [-0.3, -0.25) is 5.32 Å². The molecule has 0 radical (unpaired) electrons. The van der Waals surface area contributed by atoms with Crippen LogP contribution in [0.3, 0.4) is 0 Å². The molecule has 2 aromatic rings. The number of hydrogen-bond donors (Lipinski definition) is 1. The number of carbonyl (C=O) groups is 1. The van der Waals surface area contributed by atoms with Gasteiger partial charge in [-0.2, -0.15) is 0 Å². The van der Waals surface area contributed by atoms with E-state index in [0.29, 0.717) is 0 Å². The second-order valence-electron chi connectivity index (χ2n) is 7.16. The van der Waals surface area contributed by atoms with Crippen molar-refractivity contribution in [3.63, 3.8) is 0 Å². The lowest BCUT2D eigenvalue weighted by Gasteiger charge is -2.19. The van der Waals surface area contributed by atoms with Gasteiger partial charge in [-0.1, -0.05) is 78.9 Å². The third-order valence-corrected chi connectivity index (χ3v) is 5.23. The maximum absolute atomic E-state index is 12.9. The molecule has 150 valence electrons. The van der Waals surface area contributed by atoms with Crippen LogP contribution in [0, 0.1) is 0 Å². The van der Waals surface area contributed by atoms with E-state index in [1.807, 2.05) is 72.8 Å². The van der Waals surface area contributed by atoms with Crippen molar-refractivity contribution in [3.05, 3.63) is 95.6 Å². The zero-order valence-corrected chi connectivity index (χ0v) is 16.4. The molecule has 1 heterocycles. The van der Waals surface area contributed by atoms with Gasteiger partial charge >= 0.3 is 5.97 Å². The number of carbonyl (C=O) groups excluding carboxylic acids is 1. The van der Waals surface area contributed by atoms with Crippen LogP contribution in [0.15, 0.2) is 84.5 Å². The van der Waals surface area contributed by atoms with Crippen molar-refractivity contribution in [1.82, 2.24) is 5.32 Å². The molecule has 4 rings (SSSR count). The van der Waals surface area contributed by atoms with Crippen molar-refractivity contribution in [1.29, 1.82) is 0 Å². The molecule has 1 aliphatic carbocycles. The van der Waals surface area contributed by atoms with Gasteiger partial charge in [0.1, 0.15) is 12.8 Å². The molecule has 0 aromatic heterocycles. The van der Waals surface area contributed by atoms with Gasteiger partial charge in [0.25, 0.3) is 0 Å². The van der Waals surface area contributed by atoms with Gasteiger partial charge in [-0.15, -0.1) is 0 Å². The first-order valence-corrected chi connectivity index (χ1v) is 9.82. The minimum Gasteiger partial charge on any atom is -0.459 e. The zero-order chi connectivity index (χ0) is 20.1. The summed E-state index contributed by atoms with van der Waals surface area (Å²) in [5.41, 5.74) is 2.94. The molecule has 1 aliphatic heterocycles. The fourth-order valence-corrected chi connectivity index (χ4v) is 3.61. The van der Waals surface area contributed by atoms with Crippen molar-refractivity contribution >= 4 is 5.97 Å². The largest absolute Gasteiger partial charge is 0.459 e. The molecule has 0 amide bonds. The second-order valence-corrected chi connectivity index (χ2v) is 7.16. The van der Waals surface area contributed by atoms with E-state index in [9.17, 15) is 4.79 Å². The molecule has 5 heteroatoms. The van der Waals surface area contributed by atoms with E-state index in [0.717, 1.165) is 23.1 Å². The first kappa shape index (κ1) is 19.6. The van der Waals surface area contributed by atoms with Crippen molar-refractivity contribution in [3.8, 4) is 0 Å². The summed E-state index contributed by atoms with van der Waals surface area (Å²) in [6.07, 6.45) is 5.86. The van der Waals surface area contributed by atoms with E-state index < -0.39 is 6.10 Å². The van der Waals surface area contributed by atoms with E-state index in [-0.39, 0.29) is 30.9 Å². The summed E-state index contributed by atoms with van der Waals surface area (Å²) in [4.78, 5) is 12.9. The summed E-state index contributed by atoms with van der Waals surface area (Å²) in [6.45, 7) is 0.226. The van der Waals surface area contributed by atoms with Crippen molar-refractivity contribution < 1.29 is 19.0 Å². The Bertz CT molecular complexity index is 878. The number of ether oxygens (including phenoxy) is 3. The first-order valence-electron chi connectivity index (χ1n) is 9.82. The Hall–Kier alpha value is -2.73. The van der Waals surface area contributed by atoms with Gasteiger partial charge in [0.15, 0.2) is 6.10 Å². The van der Waals surface area contributed by atoms with Crippen LogP contribution in [0.1, 0.15) is 23.6 Å². The van der Waals surface area contributed by atoms with Crippen molar-refractivity contribution in [2.45, 2.75) is 37.5 Å². The van der Waals surface area contributed by atoms with Crippen LogP contribution in [0.5, 0.6) is 0 Å². The molecule has 0 saturated carbocycles. The van der Waals surface area contributed by atoms with Gasteiger partial charge < -0.3 is 14.2 Å². The maximum Gasteiger partial charge on any atom is 0.337 e. The van der Waals surface area contributed by atoms with Crippen LogP contribution in [-0.2, 0) is 25.6 Å². The average molecular weight is 391 g/mol. The zero-order valence-electron chi connectivity index (χ0n) is 16.4. The summed E-state index contributed by atoms with van der Waals surface area (Å²) in [6, 6.07) is 19.2. The first-order chi connectivity index (χ1) is 14.2. The second kappa shape index (κ2) is 9.18. The fraction of sp³-hybridized carbons (Fsp3) is 0.292. The minimum absolute atomic E-state index is 0.0803. The molecule has 2 aliphatic rings. The molecule has 1 saturated heterocycles. The van der Waals surface area contributed by atoms with Gasteiger partial charge in [0.2, 0.25) is 0 Å². The smallest absolute Gasteiger partial charge is 0.337 e. The number of hydrogen-bond acceptors (Lipinski definition) is 5. The summed E-state index contributed by atoms with van der Waals surface area (Å²) in [5, 5.41) is 3.46. The number of nitrogens with one attached hydrogen (secondary N) is 1. The van der Waals surface area contributed by atoms with Gasteiger partial charge in [0.05, 0.1) is 12.1 Å². The van der Waals surface area contributed by atoms with Crippen molar-refractivity contribution in [2.24, 2.45) is 0 Å². The summed E-state index contributed by atoms with van der Waals surface area (Å²) < 4.78 is 17.1. The molecular weight excluding hydrogens is 366 g/mol. The Balaban J connectivity index is 1.49. The number of esters is 1. The van der Waals surface area contributed by atoms with E-state index in [4.69, 9.17) is 14.2 Å². The number of methoxy groups -OCH3 is 1. The lowest BCUT2D eigenvalue weighted by atomic mass is 10.0. The van der Waals surface area contributed by atoms with Crippen LogP contribution in [0.2, 0.25) is 0 Å². The predicted molar refractivity (Wildman–Crippen MR) is 110 cm³/mol. The average Bonchev–Trinajstić information content (AvgIpc) is 3.24. The third-order valence-electron chi connectivity index (χ3n) is 5.23. The highest BCUT2D eigenvalue weighted by molar-refractivity contribution is 5.76. The third kappa shape index (κ3) is 4.65. The van der Waals surface area contributed by atoms with Crippen LogP contribution in [0.4, 0.5) is 0 Å². The van der Waals surface area contributed by atoms with Crippen LogP contribution in [0.25, 0.3) is 0 Å². The van der Waals surface area contributed by atoms with Gasteiger partial charge in [-0.25, -0.2) is 4.79 Å². The monoisotopic (exact) mass is 391 g/mol. The molecule has 1 fully saturated rings. The van der Waals surface area contributed by atoms with E-state index in [1.165, 1.54) is 0 Å². The molecule has 5 nitrogen and oxygen atoms in total. The minimum atomic E-state index is -0.722. The van der Waals surface area contributed by atoms with Crippen molar-refractivity contribution in [2.75, 3.05) is 7.11 Å². The van der Waals surface area contributed by atoms with Gasteiger partial charge in [-0.05, 0) is 23.1 Å². The Morgan fingerprint density at radius 3 is 2.48 bits per heavy atom. The molecule has 29 heavy (non-hydrogen) atoms. The topological polar surface area (TPSA) is 56.8 Å². The van der Waals surface area contributed by atoms with Crippen LogP contribution < -0.4 is 5.32 Å². The van der Waals surface area contributed by atoms with Crippen LogP contribution >= 0.6 is 0 Å². The molecule has 2 unspecified atom stereocenters. The predicted octanol–water partition coefficient (Wildman–Crippen LogP) is 3.69. The molecule has 2 aromatic carbocycles. The Morgan fingerprint density at radius 1 is 1.10 bits per heavy atom. The summed E-state index contributed by atoms with van der Waals surface area (Å²) >= 11 is 0. The molecule has 0 bridgehead atoms. The number of rotatable bonds is 6. The van der Waals surface area contributed by atoms with E-state index in [1.54, 1.807) is 7.11 Å². The highest BCUT2D eigenvalue weighted by atomic mass is 16.6. The van der Waals surface area contributed by atoms with Gasteiger partial charge in [0, 0.05) is 7.11 Å². The number of benzene rings is 2. The molecule has 4 atom stereocenters. The quantitative estimate of drug-likeness (QED) is 0.761. The molecule has 0 spiro atoms. The Labute approximate surface area is 171 Å². The summed E-state index contributed by atoms with van der Waals surface area (Å²) in [5.74, 6) is -0.368. The molecule has 1 N–H and O–H groups in total. The van der Waals surface area contributed by atoms with E-state index >= 15 is 0 Å².